The molecule has 28 heavy (non-hydrogen) atoms. The smallest absolute Gasteiger partial charge is 0.269 e. The second kappa shape index (κ2) is 8.43. The van der Waals surface area contributed by atoms with E-state index in [2.05, 4.69) is 15.5 Å². The number of aromatic nitrogens is 2. The van der Waals surface area contributed by atoms with Crippen LogP contribution < -0.4 is 19.5 Å². The first kappa shape index (κ1) is 19.2. The Hall–Kier alpha value is -3.55. The lowest BCUT2D eigenvalue weighted by Gasteiger charge is -2.09. The van der Waals surface area contributed by atoms with Crippen molar-refractivity contribution < 1.29 is 23.4 Å². The van der Waals surface area contributed by atoms with Crippen molar-refractivity contribution in [3.63, 3.8) is 0 Å². The molecular formula is C20H20FN3O4. The molecule has 0 atom stereocenters. The molecule has 1 amide bonds. The molecule has 7 nitrogen and oxygen atoms in total. The highest BCUT2D eigenvalue weighted by Crippen LogP contribution is 2.29. The molecule has 1 aromatic heterocycles. The number of H-pyrrole nitrogens is 1. The molecule has 0 spiro atoms. The van der Waals surface area contributed by atoms with Gasteiger partial charge in [-0.2, -0.15) is 5.10 Å². The van der Waals surface area contributed by atoms with Crippen molar-refractivity contribution in [3.05, 3.63) is 59.5 Å². The summed E-state index contributed by atoms with van der Waals surface area (Å²) < 4.78 is 29.0. The van der Waals surface area contributed by atoms with Gasteiger partial charge in [0, 0.05) is 24.2 Å². The van der Waals surface area contributed by atoms with Gasteiger partial charge in [0.15, 0.2) is 0 Å². The van der Waals surface area contributed by atoms with E-state index in [0.717, 1.165) is 5.56 Å². The summed E-state index contributed by atoms with van der Waals surface area (Å²) in [5, 5.41) is 9.63. The number of benzene rings is 2. The van der Waals surface area contributed by atoms with E-state index >= 15 is 0 Å². The Morgan fingerprint density at radius 2 is 1.75 bits per heavy atom. The van der Waals surface area contributed by atoms with Gasteiger partial charge in [0.05, 0.1) is 27.0 Å². The number of carbonyl (C=O) groups is 1. The molecule has 0 radical (unpaired) electrons. The topological polar surface area (TPSA) is 85.5 Å². The highest BCUT2D eigenvalue weighted by Gasteiger charge is 2.14. The molecule has 3 aromatic rings. The van der Waals surface area contributed by atoms with Gasteiger partial charge >= 0.3 is 0 Å². The lowest BCUT2D eigenvalue weighted by atomic mass is 10.1. The predicted octanol–water partition coefficient (Wildman–Crippen LogP) is 3.17. The maximum Gasteiger partial charge on any atom is 0.269 e. The average Bonchev–Trinajstić information content (AvgIpc) is 3.21. The summed E-state index contributed by atoms with van der Waals surface area (Å²) in [4.78, 5) is 12.4. The van der Waals surface area contributed by atoms with Gasteiger partial charge in [-0.15, -0.1) is 0 Å². The van der Waals surface area contributed by atoms with E-state index in [0.29, 0.717) is 28.5 Å². The zero-order chi connectivity index (χ0) is 20.1. The molecule has 0 saturated carbocycles. The van der Waals surface area contributed by atoms with Crippen LogP contribution in [0.25, 0.3) is 11.3 Å². The number of halogens is 1. The van der Waals surface area contributed by atoms with Gasteiger partial charge in [0.25, 0.3) is 5.91 Å². The second-order valence-corrected chi connectivity index (χ2v) is 5.92. The minimum Gasteiger partial charge on any atom is -0.497 e. The molecule has 146 valence electrons. The Morgan fingerprint density at radius 3 is 2.39 bits per heavy atom. The largest absolute Gasteiger partial charge is 0.497 e. The summed E-state index contributed by atoms with van der Waals surface area (Å²) in [6.07, 6.45) is 0. The molecule has 8 heteroatoms. The van der Waals surface area contributed by atoms with E-state index in [-0.39, 0.29) is 18.1 Å². The Labute approximate surface area is 161 Å². The van der Waals surface area contributed by atoms with Crippen LogP contribution in [0, 0.1) is 5.82 Å². The van der Waals surface area contributed by atoms with Crippen LogP contribution in [-0.2, 0) is 6.54 Å². The minimum absolute atomic E-state index is 0.274. The Kier molecular flexibility index (Phi) is 5.78. The lowest BCUT2D eigenvalue weighted by molar-refractivity contribution is 0.0946. The molecule has 1 heterocycles. The SMILES string of the molecule is COc1cc(CNC(=O)c2cc(-c3ccc(F)cc3OC)n[nH]2)cc(OC)c1. The first-order valence-corrected chi connectivity index (χ1v) is 8.43. The van der Waals surface area contributed by atoms with Crippen molar-refractivity contribution in [3.8, 4) is 28.5 Å². The van der Waals surface area contributed by atoms with Crippen molar-refractivity contribution in [1.82, 2.24) is 15.5 Å². The summed E-state index contributed by atoms with van der Waals surface area (Å²) in [6, 6.07) is 11.1. The quantitative estimate of drug-likeness (QED) is 0.653. The number of rotatable bonds is 7. The van der Waals surface area contributed by atoms with Gasteiger partial charge in [-0.3, -0.25) is 9.89 Å². The van der Waals surface area contributed by atoms with Crippen LogP contribution in [0.1, 0.15) is 16.1 Å². The third-order valence-electron chi connectivity index (χ3n) is 4.13. The molecule has 2 N–H and O–H groups in total. The zero-order valence-corrected chi connectivity index (χ0v) is 15.7. The first-order chi connectivity index (χ1) is 13.5. The third kappa shape index (κ3) is 4.22. The van der Waals surface area contributed by atoms with E-state index in [4.69, 9.17) is 14.2 Å². The van der Waals surface area contributed by atoms with Crippen molar-refractivity contribution in [1.29, 1.82) is 0 Å². The number of methoxy groups -OCH3 is 3. The lowest BCUT2D eigenvalue weighted by Crippen LogP contribution is -2.23. The van der Waals surface area contributed by atoms with Gasteiger partial charge in [0.1, 0.15) is 28.8 Å². The van der Waals surface area contributed by atoms with E-state index in [9.17, 15) is 9.18 Å². The Morgan fingerprint density at radius 1 is 1.04 bits per heavy atom. The summed E-state index contributed by atoms with van der Waals surface area (Å²) in [5.74, 6) is 0.859. The van der Waals surface area contributed by atoms with Crippen LogP contribution in [0.2, 0.25) is 0 Å². The highest BCUT2D eigenvalue weighted by molar-refractivity contribution is 5.93. The van der Waals surface area contributed by atoms with Crippen LogP contribution in [-0.4, -0.2) is 37.4 Å². The van der Waals surface area contributed by atoms with Crippen LogP contribution in [0.15, 0.2) is 42.5 Å². The summed E-state index contributed by atoms with van der Waals surface area (Å²) in [6.45, 7) is 0.278. The summed E-state index contributed by atoms with van der Waals surface area (Å²) in [7, 11) is 4.57. The maximum atomic E-state index is 13.4. The fourth-order valence-electron chi connectivity index (χ4n) is 2.70. The molecule has 0 saturated heterocycles. The van der Waals surface area contributed by atoms with Gasteiger partial charge in [0.2, 0.25) is 0 Å². The van der Waals surface area contributed by atoms with Gasteiger partial charge in [-0.25, -0.2) is 4.39 Å². The van der Waals surface area contributed by atoms with Gasteiger partial charge in [-0.1, -0.05) is 0 Å². The molecule has 2 aromatic carbocycles. The van der Waals surface area contributed by atoms with Crippen molar-refractivity contribution in [2.24, 2.45) is 0 Å². The monoisotopic (exact) mass is 385 g/mol. The predicted molar refractivity (Wildman–Crippen MR) is 101 cm³/mol. The molecule has 0 aliphatic heterocycles. The average molecular weight is 385 g/mol. The number of amides is 1. The number of nitrogens with zero attached hydrogens (tertiary/aromatic N) is 1. The van der Waals surface area contributed by atoms with Crippen LogP contribution >= 0.6 is 0 Å². The zero-order valence-electron chi connectivity index (χ0n) is 15.7. The second-order valence-electron chi connectivity index (χ2n) is 5.92. The molecule has 0 unspecified atom stereocenters. The number of ether oxygens (including phenoxy) is 3. The summed E-state index contributed by atoms with van der Waals surface area (Å²) >= 11 is 0. The normalized spacial score (nSPS) is 10.4. The van der Waals surface area contributed by atoms with Crippen LogP contribution in [0.5, 0.6) is 17.2 Å². The number of hydrogen-bond acceptors (Lipinski definition) is 5. The van der Waals surface area contributed by atoms with Crippen molar-refractivity contribution >= 4 is 5.91 Å². The van der Waals surface area contributed by atoms with Crippen LogP contribution in [0.3, 0.4) is 0 Å². The number of nitrogens with one attached hydrogen (secondary N) is 2. The molecule has 0 bridgehead atoms. The van der Waals surface area contributed by atoms with E-state index in [1.807, 2.05) is 12.1 Å². The van der Waals surface area contributed by atoms with Crippen molar-refractivity contribution in [2.45, 2.75) is 6.54 Å². The highest BCUT2D eigenvalue weighted by atomic mass is 19.1. The molecule has 0 aliphatic carbocycles. The van der Waals surface area contributed by atoms with Gasteiger partial charge in [-0.05, 0) is 35.9 Å². The summed E-state index contributed by atoms with van der Waals surface area (Å²) in [5.41, 5.74) is 2.16. The van der Waals surface area contributed by atoms with E-state index < -0.39 is 5.82 Å². The van der Waals surface area contributed by atoms with Gasteiger partial charge < -0.3 is 19.5 Å². The fourth-order valence-corrected chi connectivity index (χ4v) is 2.70. The molecule has 3 rings (SSSR count). The molecular weight excluding hydrogens is 365 g/mol. The van der Waals surface area contributed by atoms with Crippen LogP contribution in [0.4, 0.5) is 4.39 Å². The molecule has 0 aliphatic rings. The third-order valence-corrected chi connectivity index (χ3v) is 4.13. The Balaban J connectivity index is 1.73. The van der Waals surface area contributed by atoms with E-state index in [1.54, 1.807) is 32.4 Å². The Bertz CT molecular complexity index is 965. The van der Waals surface area contributed by atoms with Crippen molar-refractivity contribution in [2.75, 3.05) is 21.3 Å². The molecule has 0 fully saturated rings. The number of carbonyl (C=O) groups excluding carboxylic acids is 1. The number of aromatic amines is 1. The minimum atomic E-state index is -0.414. The van der Waals surface area contributed by atoms with E-state index in [1.165, 1.54) is 19.2 Å². The standard InChI is InChI=1S/C20H20FN3O4/c1-26-14-6-12(7-15(9-14)27-2)11-22-20(25)18-10-17(23-24-18)16-5-4-13(21)8-19(16)28-3/h4-10H,11H2,1-3H3,(H,22,25)(H,23,24). The fraction of sp³-hybridized carbons (Fsp3) is 0.200. The first-order valence-electron chi connectivity index (χ1n) is 8.43. The number of hydrogen-bond donors (Lipinski definition) is 2. The maximum absolute atomic E-state index is 13.4.